The van der Waals surface area contributed by atoms with E-state index < -0.39 is 43.2 Å². The first-order valence-corrected chi connectivity index (χ1v) is 6.07. The van der Waals surface area contributed by atoms with Crippen molar-refractivity contribution >= 4 is 17.9 Å². The summed E-state index contributed by atoms with van der Waals surface area (Å²) in [5.41, 5.74) is 0. The lowest BCUT2D eigenvalue weighted by molar-refractivity contribution is -0.151. The Hall–Kier alpha value is -3.12. The Labute approximate surface area is 126 Å². The second-order valence-corrected chi connectivity index (χ2v) is 3.90. The predicted molar refractivity (Wildman–Crippen MR) is 68.3 cm³/mol. The number of hydrogen-bond donors (Lipinski definition) is 0. The van der Waals surface area contributed by atoms with E-state index in [1.165, 1.54) is 0 Å². The van der Waals surface area contributed by atoms with E-state index in [4.69, 9.17) is 31.3 Å². The lowest BCUT2D eigenvalue weighted by Gasteiger charge is -2.16. The van der Waals surface area contributed by atoms with Crippen LogP contribution >= 0.6 is 0 Å². The normalized spacial score (nSPS) is 9.00. The van der Waals surface area contributed by atoms with Gasteiger partial charge >= 0.3 is 24.5 Å². The predicted octanol–water partition coefficient (Wildman–Crippen LogP) is -0.0212. The van der Waals surface area contributed by atoms with E-state index >= 15 is 0 Å². The molecular weight excluding hydrogens is 294 g/mol. The zero-order valence-electron chi connectivity index (χ0n) is 11.6. The summed E-state index contributed by atoms with van der Waals surface area (Å²) in [6, 6.07) is 3.22. The molecule has 0 aromatic heterocycles. The second kappa shape index (κ2) is 11.7. The number of nitriles is 2. The maximum atomic E-state index is 11.1. The van der Waals surface area contributed by atoms with Crippen LogP contribution in [0.2, 0.25) is 0 Å². The molecule has 0 aliphatic heterocycles. The molecule has 0 aromatic rings. The van der Waals surface area contributed by atoms with Gasteiger partial charge in [0.05, 0.1) is 18.1 Å². The van der Waals surface area contributed by atoms with Gasteiger partial charge in [0, 0.05) is 0 Å². The highest BCUT2D eigenvalue weighted by Gasteiger charge is 2.18. The van der Waals surface area contributed by atoms with E-state index in [0.29, 0.717) is 0 Å². The van der Waals surface area contributed by atoms with Crippen molar-refractivity contribution in [2.75, 3.05) is 26.4 Å². The van der Waals surface area contributed by atoms with E-state index in [9.17, 15) is 14.4 Å². The van der Waals surface area contributed by atoms with Crippen molar-refractivity contribution in [3.05, 3.63) is 11.4 Å². The number of hydrogen-bond acceptors (Lipinski definition) is 8. The van der Waals surface area contributed by atoms with Crippen LogP contribution in [-0.2, 0) is 28.6 Å². The molecule has 0 bridgehead atoms. The zero-order valence-corrected chi connectivity index (χ0v) is 11.6. The van der Waals surface area contributed by atoms with Crippen molar-refractivity contribution in [1.82, 2.24) is 0 Å². The Kier molecular flexibility index (Phi) is 10.0. The van der Waals surface area contributed by atoms with E-state index in [-0.39, 0.29) is 19.8 Å². The minimum atomic E-state index is -0.761. The number of esters is 3. The Morgan fingerprint density at radius 2 is 1.32 bits per heavy atom. The van der Waals surface area contributed by atoms with E-state index in [1.807, 2.05) is 0 Å². The lowest BCUT2D eigenvalue weighted by atomic mass is 10.2. The van der Waals surface area contributed by atoms with Gasteiger partial charge in [0.25, 0.3) is 0 Å². The molecule has 9 nitrogen and oxygen atoms in total. The van der Waals surface area contributed by atoms with Gasteiger partial charge in [0.2, 0.25) is 0 Å². The van der Waals surface area contributed by atoms with Crippen molar-refractivity contribution in [1.29, 1.82) is 10.5 Å². The Morgan fingerprint density at radius 1 is 0.909 bits per heavy atom. The van der Waals surface area contributed by atoms with Crippen LogP contribution in [0.25, 0.3) is 4.85 Å². The average Bonchev–Trinajstić information content (AvgIpc) is 2.47. The Bertz CT molecular complexity index is 449. The summed E-state index contributed by atoms with van der Waals surface area (Å²) < 4.78 is 14.3. The molecule has 0 rings (SSSR count). The van der Waals surface area contributed by atoms with Gasteiger partial charge in [-0.05, 0) is 0 Å². The van der Waals surface area contributed by atoms with Gasteiger partial charge in [-0.3, -0.25) is 9.59 Å². The summed E-state index contributed by atoms with van der Waals surface area (Å²) in [6.45, 7) is 5.37. The van der Waals surface area contributed by atoms with Gasteiger partial charge in [-0.2, -0.15) is 10.5 Å². The minimum absolute atomic E-state index is 0.228. The highest BCUT2D eigenvalue weighted by molar-refractivity contribution is 5.73. The fraction of sp³-hybridized carbons (Fsp3) is 0.538. The maximum Gasteiger partial charge on any atom is 0.387 e. The third kappa shape index (κ3) is 9.76. The fourth-order valence-electron chi connectivity index (χ4n) is 1.12. The monoisotopic (exact) mass is 307 g/mol. The van der Waals surface area contributed by atoms with Crippen LogP contribution in [0.3, 0.4) is 0 Å². The molecule has 0 saturated carbocycles. The van der Waals surface area contributed by atoms with Crippen LogP contribution in [0.5, 0.6) is 0 Å². The van der Waals surface area contributed by atoms with Crippen molar-refractivity contribution < 1.29 is 28.6 Å². The summed E-state index contributed by atoms with van der Waals surface area (Å²) in [6.07, 6.45) is -0.864. The number of nitrogens with zero attached hydrogens (tertiary/aromatic N) is 3. The van der Waals surface area contributed by atoms with E-state index in [2.05, 4.69) is 4.85 Å². The SMILES string of the molecule is [C-]#[N+]CC(=O)OCC(COC(=O)CC#N)COC(=O)CC#N. The van der Waals surface area contributed by atoms with E-state index in [0.717, 1.165) is 0 Å². The molecule has 0 aliphatic rings. The molecule has 0 fully saturated rings. The first-order valence-electron chi connectivity index (χ1n) is 6.07. The number of rotatable bonds is 9. The van der Waals surface area contributed by atoms with Gasteiger partial charge in [-0.25, -0.2) is 11.4 Å². The molecule has 9 heteroatoms. The molecule has 0 N–H and O–H groups in total. The topological polar surface area (TPSA) is 131 Å². The number of ether oxygens (including phenoxy) is 3. The minimum Gasteiger partial charge on any atom is -0.464 e. The highest BCUT2D eigenvalue weighted by Crippen LogP contribution is 2.03. The largest absolute Gasteiger partial charge is 0.464 e. The first kappa shape index (κ1) is 18.9. The summed E-state index contributed by atoms with van der Waals surface area (Å²) >= 11 is 0. The molecule has 0 radical (unpaired) electrons. The average molecular weight is 307 g/mol. The van der Waals surface area contributed by atoms with Crippen LogP contribution in [0.1, 0.15) is 12.8 Å². The Balaban J connectivity index is 4.37. The van der Waals surface area contributed by atoms with Gasteiger partial charge in [-0.1, -0.05) is 0 Å². The molecule has 0 atom stereocenters. The van der Waals surface area contributed by atoms with Gasteiger partial charge < -0.3 is 19.1 Å². The highest BCUT2D eigenvalue weighted by atomic mass is 16.6. The number of carbonyl (C=O) groups excluding carboxylic acids is 3. The molecule has 0 heterocycles. The van der Waals surface area contributed by atoms with Gasteiger partial charge in [0.1, 0.15) is 32.7 Å². The summed E-state index contributed by atoms with van der Waals surface area (Å²) in [5, 5.41) is 16.6. The molecule has 0 aliphatic carbocycles. The summed E-state index contributed by atoms with van der Waals surface area (Å²) in [5.74, 6) is -2.93. The molecular formula is C13H13N3O6. The van der Waals surface area contributed by atoms with Crippen LogP contribution < -0.4 is 0 Å². The third-order valence-corrected chi connectivity index (χ3v) is 2.10. The molecule has 116 valence electrons. The van der Waals surface area contributed by atoms with Crippen molar-refractivity contribution in [3.8, 4) is 12.1 Å². The summed E-state index contributed by atoms with van der Waals surface area (Å²) in [7, 11) is 0. The van der Waals surface area contributed by atoms with Crippen molar-refractivity contribution in [2.24, 2.45) is 5.92 Å². The number of carbonyl (C=O) groups is 3. The molecule has 0 amide bonds. The van der Waals surface area contributed by atoms with Crippen LogP contribution in [0.4, 0.5) is 0 Å². The van der Waals surface area contributed by atoms with Crippen molar-refractivity contribution in [3.63, 3.8) is 0 Å². The second-order valence-electron chi connectivity index (χ2n) is 3.90. The quantitative estimate of drug-likeness (QED) is 0.330. The van der Waals surface area contributed by atoms with Gasteiger partial charge in [0.15, 0.2) is 0 Å². The van der Waals surface area contributed by atoms with Crippen LogP contribution in [0, 0.1) is 35.2 Å². The molecule has 0 unspecified atom stereocenters. The molecule has 0 spiro atoms. The smallest absolute Gasteiger partial charge is 0.387 e. The van der Waals surface area contributed by atoms with Gasteiger partial charge in [-0.15, -0.1) is 0 Å². The lowest BCUT2D eigenvalue weighted by Crippen LogP contribution is -2.26. The van der Waals surface area contributed by atoms with Crippen LogP contribution in [0.15, 0.2) is 0 Å². The Morgan fingerprint density at radius 3 is 1.68 bits per heavy atom. The van der Waals surface area contributed by atoms with Crippen LogP contribution in [-0.4, -0.2) is 44.3 Å². The first-order chi connectivity index (χ1) is 10.5. The standard InChI is InChI=1S/C13H13N3O6/c1-16-6-13(19)22-9-10(7-20-11(17)2-4-14)8-21-12(18)3-5-15/h10H,2-3,6-9H2. The summed E-state index contributed by atoms with van der Waals surface area (Å²) in [4.78, 5) is 36.1. The van der Waals surface area contributed by atoms with E-state index in [1.54, 1.807) is 12.1 Å². The maximum absolute atomic E-state index is 11.1. The third-order valence-electron chi connectivity index (χ3n) is 2.10. The molecule has 22 heavy (non-hydrogen) atoms. The fourth-order valence-corrected chi connectivity index (χ4v) is 1.12. The molecule has 0 aromatic carbocycles. The van der Waals surface area contributed by atoms with Crippen molar-refractivity contribution in [2.45, 2.75) is 12.8 Å². The molecule has 0 saturated heterocycles. The zero-order chi connectivity index (χ0) is 16.8.